The normalized spacial score (nSPS) is 14.2. The van der Waals surface area contributed by atoms with Crippen molar-refractivity contribution in [1.82, 2.24) is 4.90 Å². The molecule has 0 spiro atoms. The summed E-state index contributed by atoms with van der Waals surface area (Å²) in [6.45, 7) is 2.01. The van der Waals surface area contributed by atoms with E-state index in [0.717, 1.165) is 11.1 Å². The van der Waals surface area contributed by atoms with E-state index in [4.69, 9.17) is 10.5 Å². The lowest BCUT2D eigenvalue weighted by atomic mass is 10.0. The Labute approximate surface area is 203 Å². The summed E-state index contributed by atoms with van der Waals surface area (Å²) >= 11 is 0. The van der Waals surface area contributed by atoms with Gasteiger partial charge in [-0.05, 0) is 53.1 Å². The number of hydrogen-bond donors (Lipinski definition) is 2. The van der Waals surface area contributed by atoms with Crippen LogP contribution in [0.1, 0.15) is 16.7 Å². The van der Waals surface area contributed by atoms with E-state index in [0.29, 0.717) is 48.8 Å². The summed E-state index contributed by atoms with van der Waals surface area (Å²) < 4.78 is 18.8. The molecule has 0 atom stereocenters. The molecule has 4 rings (SSSR count). The third-order valence-corrected chi connectivity index (χ3v) is 5.58. The molecule has 0 unspecified atom stereocenters. The number of nitrogens with one attached hydrogen (secondary N) is 1. The molecule has 2 amide bonds. The Morgan fingerprint density at radius 2 is 1.57 bits per heavy atom. The number of carbonyl (C=O) groups excluding carboxylic acids is 2. The van der Waals surface area contributed by atoms with Gasteiger partial charge in [-0.25, -0.2) is 4.39 Å². The summed E-state index contributed by atoms with van der Waals surface area (Å²) in [6, 6.07) is 20.4. The quantitative estimate of drug-likeness (QED) is 0.316. The van der Waals surface area contributed by atoms with Crippen molar-refractivity contribution in [1.29, 1.82) is 0 Å². The van der Waals surface area contributed by atoms with Crippen LogP contribution in [0.3, 0.4) is 0 Å². The van der Waals surface area contributed by atoms with Crippen LogP contribution in [0.2, 0.25) is 0 Å². The molecule has 1 aliphatic heterocycles. The minimum Gasteiger partial charge on any atom is -0.397 e. The standard InChI is InChI=1S/C28H26FN3O3/c29-23-12-10-22(11-13-23)24(28(34)32-15-17-35-18-16-32)19-21-7-5-20(6-8-21)9-14-27(33)31-26-4-2-1-3-25(26)30/h1-14,19H,15-18,30H2,(H,31,33)/b14-9+,24-19+. The predicted octanol–water partition coefficient (Wildman–Crippen LogP) is 4.46. The monoisotopic (exact) mass is 471 g/mol. The maximum atomic E-state index is 13.5. The average Bonchev–Trinajstić information content (AvgIpc) is 2.89. The smallest absolute Gasteiger partial charge is 0.254 e. The lowest BCUT2D eigenvalue weighted by Crippen LogP contribution is -2.41. The van der Waals surface area contributed by atoms with Crippen molar-refractivity contribution < 1.29 is 18.7 Å². The molecule has 1 saturated heterocycles. The van der Waals surface area contributed by atoms with E-state index in [1.54, 1.807) is 53.5 Å². The van der Waals surface area contributed by atoms with Gasteiger partial charge in [-0.15, -0.1) is 0 Å². The zero-order valence-corrected chi connectivity index (χ0v) is 19.1. The maximum Gasteiger partial charge on any atom is 0.254 e. The number of para-hydroxylation sites is 2. The van der Waals surface area contributed by atoms with E-state index >= 15 is 0 Å². The predicted molar refractivity (Wildman–Crippen MR) is 137 cm³/mol. The average molecular weight is 472 g/mol. The first kappa shape index (κ1) is 23.9. The minimum absolute atomic E-state index is 0.124. The molecular weight excluding hydrogens is 445 g/mol. The van der Waals surface area contributed by atoms with Crippen molar-refractivity contribution in [3.8, 4) is 0 Å². The minimum atomic E-state index is -0.359. The van der Waals surface area contributed by atoms with E-state index in [1.807, 2.05) is 24.3 Å². The molecule has 1 aliphatic rings. The van der Waals surface area contributed by atoms with Gasteiger partial charge in [0.2, 0.25) is 5.91 Å². The Morgan fingerprint density at radius 3 is 2.26 bits per heavy atom. The van der Waals surface area contributed by atoms with Crippen molar-refractivity contribution in [2.75, 3.05) is 37.4 Å². The molecule has 3 aromatic carbocycles. The molecule has 3 N–H and O–H groups in total. The van der Waals surface area contributed by atoms with Crippen LogP contribution in [-0.2, 0) is 14.3 Å². The van der Waals surface area contributed by atoms with Crippen LogP contribution in [0.15, 0.2) is 78.9 Å². The summed E-state index contributed by atoms with van der Waals surface area (Å²) in [7, 11) is 0. The van der Waals surface area contributed by atoms with Crippen LogP contribution in [0.25, 0.3) is 17.7 Å². The van der Waals surface area contributed by atoms with Gasteiger partial charge in [-0.2, -0.15) is 0 Å². The van der Waals surface area contributed by atoms with Gasteiger partial charge in [0.15, 0.2) is 0 Å². The van der Waals surface area contributed by atoms with E-state index in [9.17, 15) is 14.0 Å². The number of morpholine rings is 1. The van der Waals surface area contributed by atoms with Gasteiger partial charge in [-0.1, -0.05) is 48.5 Å². The molecule has 3 aromatic rings. The van der Waals surface area contributed by atoms with Gasteiger partial charge in [-0.3, -0.25) is 9.59 Å². The van der Waals surface area contributed by atoms with Gasteiger partial charge in [0.25, 0.3) is 5.91 Å². The number of halogens is 1. The molecule has 7 heteroatoms. The lowest BCUT2D eigenvalue weighted by Gasteiger charge is -2.28. The molecule has 1 fully saturated rings. The first-order valence-electron chi connectivity index (χ1n) is 11.3. The number of ether oxygens (including phenoxy) is 1. The Balaban J connectivity index is 1.51. The molecule has 0 aromatic heterocycles. The second-order valence-electron chi connectivity index (χ2n) is 8.05. The SMILES string of the molecule is Nc1ccccc1NC(=O)/C=C/c1ccc(/C=C(/C(=O)N2CCOCC2)c2ccc(F)cc2)cc1. The van der Waals surface area contributed by atoms with Crippen LogP contribution in [0, 0.1) is 5.82 Å². The van der Waals surface area contributed by atoms with Crippen LogP contribution < -0.4 is 11.1 Å². The summed E-state index contributed by atoms with van der Waals surface area (Å²) in [4.78, 5) is 27.2. The molecule has 1 heterocycles. The highest BCUT2D eigenvalue weighted by Crippen LogP contribution is 2.23. The van der Waals surface area contributed by atoms with Crippen LogP contribution in [-0.4, -0.2) is 43.0 Å². The third kappa shape index (κ3) is 6.43. The molecule has 178 valence electrons. The Bertz CT molecular complexity index is 1250. The first-order valence-corrected chi connectivity index (χ1v) is 11.3. The molecule has 0 aliphatic carbocycles. The Kier molecular flexibility index (Phi) is 7.70. The van der Waals surface area contributed by atoms with Gasteiger partial charge in [0, 0.05) is 24.7 Å². The highest BCUT2D eigenvalue weighted by atomic mass is 19.1. The van der Waals surface area contributed by atoms with E-state index in [1.165, 1.54) is 18.2 Å². The summed E-state index contributed by atoms with van der Waals surface area (Å²) in [5.41, 5.74) is 9.66. The topological polar surface area (TPSA) is 84.7 Å². The second-order valence-corrected chi connectivity index (χ2v) is 8.05. The molecule has 35 heavy (non-hydrogen) atoms. The number of rotatable bonds is 6. The highest BCUT2D eigenvalue weighted by Gasteiger charge is 2.22. The largest absolute Gasteiger partial charge is 0.397 e. The molecule has 6 nitrogen and oxygen atoms in total. The summed E-state index contributed by atoms with van der Waals surface area (Å²) in [6.07, 6.45) is 4.92. The fourth-order valence-corrected chi connectivity index (χ4v) is 3.66. The second kappa shape index (κ2) is 11.3. The van der Waals surface area contributed by atoms with Crippen molar-refractivity contribution in [2.24, 2.45) is 0 Å². The van der Waals surface area contributed by atoms with Crippen molar-refractivity contribution in [3.05, 3.63) is 101 Å². The number of amides is 2. The lowest BCUT2D eigenvalue weighted by molar-refractivity contribution is -0.128. The number of benzene rings is 3. The van der Waals surface area contributed by atoms with Crippen LogP contribution in [0.5, 0.6) is 0 Å². The van der Waals surface area contributed by atoms with Crippen molar-refractivity contribution >= 4 is 40.9 Å². The Hall–Kier alpha value is -4.23. The van der Waals surface area contributed by atoms with Gasteiger partial charge < -0.3 is 20.7 Å². The van der Waals surface area contributed by atoms with Crippen molar-refractivity contribution in [3.63, 3.8) is 0 Å². The number of nitrogen functional groups attached to an aromatic ring is 1. The zero-order chi connectivity index (χ0) is 24.6. The Morgan fingerprint density at radius 1 is 0.914 bits per heavy atom. The van der Waals surface area contributed by atoms with Crippen LogP contribution >= 0.6 is 0 Å². The fourth-order valence-electron chi connectivity index (χ4n) is 3.66. The number of anilines is 2. The molecule has 0 radical (unpaired) electrons. The van der Waals surface area contributed by atoms with E-state index in [2.05, 4.69) is 5.32 Å². The molecule has 0 saturated carbocycles. The molecule has 0 bridgehead atoms. The summed E-state index contributed by atoms with van der Waals surface area (Å²) in [5, 5.41) is 2.75. The number of carbonyl (C=O) groups is 2. The number of hydrogen-bond acceptors (Lipinski definition) is 4. The zero-order valence-electron chi connectivity index (χ0n) is 19.1. The maximum absolute atomic E-state index is 13.5. The van der Waals surface area contributed by atoms with Gasteiger partial charge >= 0.3 is 0 Å². The van der Waals surface area contributed by atoms with Crippen LogP contribution in [0.4, 0.5) is 15.8 Å². The number of nitrogens with two attached hydrogens (primary N) is 1. The third-order valence-electron chi connectivity index (χ3n) is 5.58. The number of nitrogens with zero attached hydrogens (tertiary/aromatic N) is 1. The van der Waals surface area contributed by atoms with Gasteiger partial charge in [0.05, 0.1) is 24.6 Å². The van der Waals surface area contributed by atoms with Gasteiger partial charge in [0.1, 0.15) is 5.82 Å². The van der Waals surface area contributed by atoms with E-state index < -0.39 is 0 Å². The van der Waals surface area contributed by atoms with Crippen molar-refractivity contribution in [2.45, 2.75) is 0 Å². The van der Waals surface area contributed by atoms with E-state index in [-0.39, 0.29) is 17.6 Å². The first-order chi connectivity index (χ1) is 17.0. The molecular formula is C28H26FN3O3. The highest BCUT2D eigenvalue weighted by molar-refractivity contribution is 6.24. The summed E-state index contributed by atoms with van der Waals surface area (Å²) in [5.74, 6) is -0.774. The fraction of sp³-hybridized carbons (Fsp3) is 0.143.